The predicted molar refractivity (Wildman–Crippen MR) is 71.4 cm³/mol. The zero-order valence-electron chi connectivity index (χ0n) is 11.2. The van der Waals surface area contributed by atoms with E-state index in [1.54, 1.807) is 12.1 Å². The van der Waals surface area contributed by atoms with Gasteiger partial charge in [0.2, 0.25) is 11.8 Å². The van der Waals surface area contributed by atoms with Gasteiger partial charge < -0.3 is 14.6 Å². The Kier molecular flexibility index (Phi) is 4.14. The Morgan fingerprint density at radius 3 is 2.60 bits per heavy atom. The van der Waals surface area contributed by atoms with Gasteiger partial charge in [0.15, 0.2) is 0 Å². The highest BCUT2D eigenvalue weighted by atomic mass is 16.5. The van der Waals surface area contributed by atoms with Gasteiger partial charge >= 0.3 is 5.97 Å². The van der Waals surface area contributed by atoms with E-state index in [-0.39, 0.29) is 5.56 Å². The number of aromatic carboxylic acids is 1. The van der Waals surface area contributed by atoms with Gasteiger partial charge in [0.05, 0.1) is 18.7 Å². The number of ether oxygens (including phenoxy) is 2. The number of nitrogens with zero attached hydrogens (tertiary/aromatic N) is 2. The van der Waals surface area contributed by atoms with Crippen molar-refractivity contribution < 1.29 is 19.4 Å². The van der Waals surface area contributed by atoms with E-state index in [9.17, 15) is 4.79 Å². The summed E-state index contributed by atoms with van der Waals surface area (Å²) in [4.78, 5) is 18.9. The minimum atomic E-state index is -0.995. The molecule has 20 heavy (non-hydrogen) atoms. The third-order valence-electron chi connectivity index (χ3n) is 2.67. The molecule has 2 aromatic rings. The molecule has 0 radical (unpaired) electrons. The van der Waals surface area contributed by atoms with Gasteiger partial charge in [0, 0.05) is 0 Å². The fourth-order valence-electron chi connectivity index (χ4n) is 1.66. The summed E-state index contributed by atoms with van der Waals surface area (Å²) in [5.74, 6) is 0.0921. The van der Waals surface area contributed by atoms with Crippen molar-refractivity contribution in [2.24, 2.45) is 0 Å². The number of methoxy groups -OCH3 is 1. The van der Waals surface area contributed by atoms with Crippen LogP contribution in [0.3, 0.4) is 0 Å². The van der Waals surface area contributed by atoms with Gasteiger partial charge in [-0.25, -0.2) is 14.8 Å². The van der Waals surface area contributed by atoms with Crippen molar-refractivity contribution in [2.45, 2.75) is 13.3 Å². The van der Waals surface area contributed by atoms with Crippen LogP contribution in [0.15, 0.2) is 30.6 Å². The van der Waals surface area contributed by atoms with Crippen LogP contribution in [0.1, 0.15) is 22.8 Å². The van der Waals surface area contributed by atoms with Crippen molar-refractivity contribution in [3.63, 3.8) is 0 Å². The van der Waals surface area contributed by atoms with Crippen LogP contribution in [0, 0.1) is 0 Å². The average Bonchev–Trinajstić information content (AvgIpc) is 2.47. The Morgan fingerprint density at radius 1 is 1.20 bits per heavy atom. The van der Waals surface area contributed by atoms with Crippen molar-refractivity contribution in [1.82, 2.24) is 9.97 Å². The molecular weight excluding hydrogens is 260 g/mol. The van der Waals surface area contributed by atoms with Crippen LogP contribution in [0.5, 0.6) is 17.5 Å². The van der Waals surface area contributed by atoms with Gasteiger partial charge in [-0.3, -0.25) is 0 Å². The third kappa shape index (κ3) is 3.23. The molecule has 0 spiro atoms. The summed E-state index contributed by atoms with van der Waals surface area (Å²) in [7, 11) is 1.49. The molecule has 0 aliphatic rings. The van der Waals surface area contributed by atoms with E-state index in [4.69, 9.17) is 14.6 Å². The monoisotopic (exact) mass is 274 g/mol. The average molecular weight is 274 g/mol. The first-order valence-electron chi connectivity index (χ1n) is 6.03. The van der Waals surface area contributed by atoms with E-state index < -0.39 is 5.97 Å². The van der Waals surface area contributed by atoms with E-state index in [2.05, 4.69) is 9.97 Å². The van der Waals surface area contributed by atoms with Crippen molar-refractivity contribution in [1.29, 1.82) is 0 Å². The fourth-order valence-corrected chi connectivity index (χ4v) is 1.66. The molecule has 1 heterocycles. The molecule has 0 fully saturated rings. The van der Waals surface area contributed by atoms with Gasteiger partial charge in [-0.1, -0.05) is 6.92 Å². The molecular formula is C14H14N2O4. The lowest BCUT2D eigenvalue weighted by molar-refractivity contribution is 0.0696. The van der Waals surface area contributed by atoms with Gasteiger partial charge in [-0.05, 0) is 30.2 Å². The van der Waals surface area contributed by atoms with Crippen LogP contribution >= 0.6 is 0 Å². The van der Waals surface area contributed by atoms with E-state index in [1.165, 1.54) is 25.6 Å². The maximum absolute atomic E-state index is 11.1. The van der Waals surface area contributed by atoms with Crippen molar-refractivity contribution in [2.75, 3.05) is 7.11 Å². The molecule has 0 aliphatic carbocycles. The summed E-state index contributed by atoms with van der Waals surface area (Å²) in [6, 6.07) is 6.38. The summed E-state index contributed by atoms with van der Waals surface area (Å²) < 4.78 is 10.5. The van der Waals surface area contributed by atoms with Gasteiger partial charge in [-0.15, -0.1) is 0 Å². The molecule has 0 atom stereocenters. The first kappa shape index (κ1) is 13.8. The topological polar surface area (TPSA) is 81.5 Å². The molecule has 6 nitrogen and oxygen atoms in total. The van der Waals surface area contributed by atoms with Crippen LogP contribution in [-0.4, -0.2) is 28.2 Å². The van der Waals surface area contributed by atoms with Gasteiger partial charge in [0.1, 0.15) is 12.1 Å². The number of rotatable bonds is 5. The molecule has 0 amide bonds. The fraction of sp³-hybridized carbons (Fsp3) is 0.214. The molecule has 1 aromatic heterocycles. The Balaban J connectivity index is 2.32. The van der Waals surface area contributed by atoms with E-state index in [0.29, 0.717) is 23.9 Å². The number of hydrogen-bond donors (Lipinski definition) is 1. The smallest absolute Gasteiger partial charge is 0.335 e. The summed E-state index contributed by atoms with van der Waals surface area (Å²) >= 11 is 0. The van der Waals surface area contributed by atoms with Crippen molar-refractivity contribution in [3.8, 4) is 17.5 Å². The Labute approximate surface area is 116 Å². The van der Waals surface area contributed by atoms with Crippen molar-refractivity contribution in [3.05, 3.63) is 41.7 Å². The number of hydrogen-bond acceptors (Lipinski definition) is 5. The lowest BCUT2D eigenvalue weighted by Crippen LogP contribution is -1.99. The summed E-state index contributed by atoms with van der Waals surface area (Å²) in [6.45, 7) is 1.94. The summed E-state index contributed by atoms with van der Waals surface area (Å²) in [6.07, 6.45) is 2.03. The zero-order valence-corrected chi connectivity index (χ0v) is 11.2. The molecule has 2 rings (SSSR count). The maximum atomic E-state index is 11.1. The highest BCUT2D eigenvalue weighted by Crippen LogP contribution is 2.24. The minimum absolute atomic E-state index is 0.181. The molecule has 0 saturated carbocycles. The van der Waals surface area contributed by atoms with Crippen molar-refractivity contribution >= 4 is 5.97 Å². The van der Waals surface area contributed by atoms with E-state index >= 15 is 0 Å². The number of carbonyl (C=O) groups is 1. The second kappa shape index (κ2) is 6.01. The molecule has 0 saturated heterocycles. The summed E-state index contributed by atoms with van der Waals surface area (Å²) in [5, 5.41) is 9.08. The molecule has 0 aliphatic heterocycles. The normalized spacial score (nSPS) is 10.1. The molecule has 1 aromatic carbocycles. The first-order valence-corrected chi connectivity index (χ1v) is 6.03. The maximum Gasteiger partial charge on any atom is 0.335 e. The number of benzene rings is 1. The second-order valence-corrected chi connectivity index (χ2v) is 4.03. The lowest BCUT2D eigenvalue weighted by Gasteiger charge is -2.08. The van der Waals surface area contributed by atoms with Gasteiger partial charge in [0.25, 0.3) is 0 Å². The zero-order chi connectivity index (χ0) is 14.5. The standard InChI is InChI=1S/C14H14N2O4/c1-3-9-4-10(14(17)18)6-11(5-9)20-13-7-12(19-2)15-8-16-13/h4-8H,3H2,1-2H3,(H,17,18). The quantitative estimate of drug-likeness (QED) is 0.902. The van der Waals surface area contributed by atoms with Crippen LogP contribution in [0.4, 0.5) is 0 Å². The Bertz CT molecular complexity index is 628. The molecule has 1 N–H and O–H groups in total. The minimum Gasteiger partial charge on any atom is -0.481 e. The Hall–Kier alpha value is -2.63. The second-order valence-electron chi connectivity index (χ2n) is 4.03. The highest BCUT2D eigenvalue weighted by Gasteiger charge is 2.09. The molecule has 104 valence electrons. The van der Waals surface area contributed by atoms with E-state index in [0.717, 1.165) is 5.56 Å². The summed E-state index contributed by atoms with van der Waals surface area (Å²) in [5.41, 5.74) is 1.06. The van der Waals surface area contributed by atoms with Gasteiger partial charge in [-0.2, -0.15) is 0 Å². The van der Waals surface area contributed by atoms with Crippen LogP contribution in [-0.2, 0) is 6.42 Å². The van der Waals surface area contributed by atoms with Crippen LogP contribution in [0.25, 0.3) is 0 Å². The molecule has 0 bridgehead atoms. The van der Waals surface area contributed by atoms with E-state index in [1.807, 2.05) is 6.92 Å². The first-order chi connectivity index (χ1) is 9.62. The predicted octanol–water partition coefficient (Wildman–Crippen LogP) is 2.54. The number of aromatic nitrogens is 2. The lowest BCUT2D eigenvalue weighted by atomic mass is 10.1. The van der Waals surface area contributed by atoms with Crippen LogP contribution < -0.4 is 9.47 Å². The third-order valence-corrected chi connectivity index (χ3v) is 2.67. The number of aryl methyl sites for hydroxylation is 1. The molecule has 0 unspecified atom stereocenters. The SMILES string of the molecule is CCc1cc(Oc2cc(OC)ncn2)cc(C(=O)O)c1. The number of carboxylic acids is 1. The number of carboxylic acid groups (broad SMARTS) is 1. The highest BCUT2D eigenvalue weighted by molar-refractivity contribution is 5.88. The molecule has 6 heteroatoms. The van der Waals surface area contributed by atoms with Crippen LogP contribution in [0.2, 0.25) is 0 Å². The largest absolute Gasteiger partial charge is 0.481 e. The Morgan fingerprint density at radius 2 is 1.95 bits per heavy atom.